The smallest absolute Gasteiger partial charge is 0.246 e. The summed E-state index contributed by atoms with van der Waals surface area (Å²) in [6, 6.07) is 17.9. The van der Waals surface area contributed by atoms with Crippen molar-refractivity contribution in [1.29, 1.82) is 0 Å². The van der Waals surface area contributed by atoms with Crippen LogP contribution < -0.4 is 10.6 Å². The molecule has 1 amide bonds. The van der Waals surface area contributed by atoms with E-state index in [0.717, 1.165) is 55.7 Å². The van der Waals surface area contributed by atoms with Crippen LogP contribution in [0.5, 0.6) is 0 Å². The van der Waals surface area contributed by atoms with Gasteiger partial charge in [0.15, 0.2) is 0 Å². The number of piperidine rings is 1. The van der Waals surface area contributed by atoms with Crippen LogP contribution in [0.15, 0.2) is 60.8 Å². The molecular formula is C33H46FN5O3Si. The summed E-state index contributed by atoms with van der Waals surface area (Å²) >= 11 is 0. The van der Waals surface area contributed by atoms with Crippen molar-refractivity contribution in [1.82, 2.24) is 20.3 Å². The largest absolute Gasteiger partial charge is 0.395 e. The number of amides is 1. The van der Waals surface area contributed by atoms with E-state index >= 15 is 4.11 Å². The first-order valence-corrected chi connectivity index (χ1v) is 18.7. The second-order valence-electron chi connectivity index (χ2n) is 12.8. The fourth-order valence-electron chi connectivity index (χ4n) is 6.93. The summed E-state index contributed by atoms with van der Waals surface area (Å²) in [5.41, 5.74) is 3.62. The van der Waals surface area contributed by atoms with Crippen LogP contribution in [-0.4, -0.2) is 66.3 Å². The number of anilines is 1. The minimum Gasteiger partial charge on any atom is -0.395 e. The third-order valence-electron chi connectivity index (χ3n) is 9.24. The molecule has 0 aliphatic carbocycles. The van der Waals surface area contributed by atoms with E-state index in [-0.39, 0.29) is 48.0 Å². The first-order chi connectivity index (χ1) is 20.7. The van der Waals surface area contributed by atoms with E-state index < -0.39 is 8.41 Å². The molecule has 3 heterocycles. The maximum absolute atomic E-state index is 15.6. The van der Waals surface area contributed by atoms with Crippen molar-refractivity contribution in [2.24, 2.45) is 11.8 Å². The molecule has 2 unspecified atom stereocenters. The van der Waals surface area contributed by atoms with E-state index in [1.54, 1.807) is 17.8 Å². The highest BCUT2D eigenvalue weighted by Gasteiger charge is 2.50. The molecule has 1 aromatic heterocycles. The van der Waals surface area contributed by atoms with Crippen molar-refractivity contribution in [3.8, 4) is 0 Å². The molecule has 0 bridgehead atoms. The Hall–Kier alpha value is -2.92. The summed E-state index contributed by atoms with van der Waals surface area (Å²) in [4.78, 5) is 12.6. The van der Waals surface area contributed by atoms with Gasteiger partial charge in [-0.15, -0.1) is 5.10 Å². The number of aryl methyl sites for hydroxylation is 2. The topological polar surface area (TPSA) is 101 Å². The molecule has 8 nitrogen and oxygen atoms in total. The molecule has 0 radical (unpaired) electrons. The Kier molecular flexibility index (Phi) is 10.4. The number of hydrogen-bond acceptors (Lipinski definition) is 6. The highest BCUT2D eigenvalue weighted by Crippen LogP contribution is 2.47. The number of benzene rings is 2. The maximum Gasteiger partial charge on any atom is 0.246 e. The van der Waals surface area contributed by atoms with Gasteiger partial charge in [-0.1, -0.05) is 54.6 Å². The van der Waals surface area contributed by atoms with Crippen LogP contribution in [0.1, 0.15) is 55.3 Å². The molecule has 2 fully saturated rings. The summed E-state index contributed by atoms with van der Waals surface area (Å²) in [5, 5.41) is 25.0. The number of rotatable bonds is 12. The SMILES string of the molecule is C[C@@H]1[C@@H]([Si](C)(C)F)[C@H](CCn2cc(C(CO)c3ccccc3)nn2)O[C@@H]1CCc1ccc(NC(=O)C2CCCNC2)cc1. The van der Waals surface area contributed by atoms with E-state index in [1.807, 2.05) is 48.7 Å². The highest BCUT2D eigenvalue weighted by atomic mass is 28.4. The monoisotopic (exact) mass is 607 g/mol. The minimum absolute atomic E-state index is 0.0149. The van der Waals surface area contributed by atoms with Crippen LogP contribution in [0.2, 0.25) is 18.6 Å². The van der Waals surface area contributed by atoms with Crippen molar-refractivity contribution in [2.75, 3.05) is 25.0 Å². The molecule has 5 rings (SSSR count). The Morgan fingerprint density at radius 1 is 1.16 bits per heavy atom. The Labute approximate surface area is 255 Å². The lowest BCUT2D eigenvalue weighted by atomic mass is 9.95. The summed E-state index contributed by atoms with van der Waals surface area (Å²) < 4.78 is 24.0. The number of hydrogen-bond donors (Lipinski definition) is 3. The van der Waals surface area contributed by atoms with Crippen molar-refractivity contribution in [3.05, 3.63) is 77.6 Å². The number of nitrogens with one attached hydrogen (secondary N) is 2. The second-order valence-corrected chi connectivity index (χ2v) is 16.6. The lowest BCUT2D eigenvalue weighted by Gasteiger charge is -2.28. The van der Waals surface area contributed by atoms with Gasteiger partial charge in [-0.05, 0) is 80.9 Å². The van der Waals surface area contributed by atoms with Crippen LogP contribution in [0.3, 0.4) is 0 Å². The molecule has 3 N–H and O–H groups in total. The van der Waals surface area contributed by atoms with E-state index in [4.69, 9.17) is 4.74 Å². The van der Waals surface area contributed by atoms with Crippen molar-refractivity contribution >= 4 is 20.0 Å². The van der Waals surface area contributed by atoms with Crippen LogP contribution in [-0.2, 0) is 22.5 Å². The average Bonchev–Trinajstić information content (AvgIpc) is 3.61. The van der Waals surface area contributed by atoms with Gasteiger partial charge in [-0.3, -0.25) is 9.48 Å². The summed E-state index contributed by atoms with van der Waals surface area (Å²) in [7, 11) is -2.99. The molecule has 2 aliphatic rings. The number of aliphatic hydroxyl groups excluding tert-OH is 1. The van der Waals surface area contributed by atoms with Crippen LogP contribution in [0.4, 0.5) is 9.80 Å². The summed E-state index contributed by atoms with van der Waals surface area (Å²) in [6.45, 7) is 7.98. The number of carbonyl (C=O) groups is 1. The quantitative estimate of drug-likeness (QED) is 0.191. The van der Waals surface area contributed by atoms with Gasteiger partial charge >= 0.3 is 0 Å². The van der Waals surface area contributed by atoms with Crippen LogP contribution >= 0.6 is 0 Å². The molecule has 0 saturated carbocycles. The van der Waals surface area contributed by atoms with Crippen molar-refractivity contribution in [3.63, 3.8) is 0 Å². The molecule has 2 saturated heterocycles. The van der Waals surface area contributed by atoms with E-state index in [9.17, 15) is 9.90 Å². The maximum atomic E-state index is 15.6. The number of nitrogens with zero attached hydrogens (tertiary/aromatic N) is 3. The standard InChI is InChI=1S/C33H46FN5O3Si/c1-23-30(16-13-24-11-14-27(15-12-24)36-33(41)26-10-7-18-35-20-26)42-31(32(23)43(2,3)34)17-19-39-21-29(37-38-39)28(22-40)25-8-5-4-6-9-25/h4-6,8-9,11-12,14-15,21,23,26,28,30-32,35,40H,7,10,13,16-20,22H2,1-3H3,(H,36,41)/t23-,26?,28?,30+,31-,32+/m0/s1. The van der Waals surface area contributed by atoms with Gasteiger partial charge in [-0.25, -0.2) is 0 Å². The molecule has 2 aliphatic heterocycles. The first kappa shape index (κ1) is 31.5. The Balaban J connectivity index is 1.16. The molecule has 10 heteroatoms. The van der Waals surface area contributed by atoms with Gasteiger partial charge < -0.3 is 24.6 Å². The van der Waals surface area contributed by atoms with Crippen molar-refractivity contribution < 1.29 is 18.7 Å². The average molecular weight is 608 g/mol. The number of carbonyl (C=O) groups excluding carboxylic acids is 1. The molecule has 43 heavy (non-hydrogen) atoms. The predicted molar refractivity (Wildman–Crippen MR) is 169 cm³/mol. The minimum atomic E-state index is -2.99. The third kappa shape index (κ3) is 7.97. The fraction of sp³-hybridized carbons (Fsp3) is 0.545. The molecular weight excluding hydrogens is 561 g/mol. The Morgan fingerprint density at radius 3 is 2.60 bits per heavy atom. The lowest BCUT2D eigenvalue weighted by molar-refractivity contribution is -0.120. The Bertz CT molecular complexity index is 1310. The highest BCUT2D eigenvalue weighted by molar-refractivity contribution is 6.72. The molecule has 0 spiro atoms. The molecule has 232 valence electrons. The number of aromatic nitrogens is 3. The molecule has 2 aromatic carbocycles. The zero-order valence-electron chi connectivity index (χ0n) is 25.6. The second kappa shape index (κ2) is 14.2. The summed E-state index contributed by atoms with van der Waals surface area (Å²) in [6.07, 6.45) is 5.97. The zero-order valence-corrected chi connectivity index (χ0v) is 26.6. The van der Waals surface area contributed by atoms with Gasteiger partial charge in [0, 0.05) is 30.5 Å². The van der Waals surface area contributed by atoms with Crippen LogP contribution in [0.25, 0.3) is 0 Å². The number of ether oxygens (including phenoxy) is 1. The normalized spacial score (nSPS) is 25.0. The van der Waals surface area contributed by atoms with E-state index in [1.165, 1.54) is 5.56 Å². The van der Waals surface area contributed by atoms with Gasteiger partial charge in [-0.2, -0.15) is 0 Å². The third-order valence-corrected chi connectivity index (χ3v) is 11.7. The van der Waals surface area contributed by atoms with Crippen LogP contribution in [0, 0.1) is 11.8 Å². The first-order valence-electron chi connectivity index (χ1n) is 15.7. The lowest BCUT2D eigenvalue weighted by Crippen LogP contribution is -2.37. The van der Waals surface area contributed by atoms with Crippen molar-refractivity contribution in [2.45, 2.75) is 82.3 Å². The van der Waals surface area contributed by atoms with Gasteiger partial charge in [0.2, 0.25) is 14.3 Å². The van der Waals surface area contributed by atoms with Gasteiger partial charge in [0.25, 0.3) is 0 Å². The fourth-order valence-corrected chi connectivity index (χ4v) is 9.52. The molecule has 6 atom stereocenters. The van der Waals surface area contributed by atoms with E-state index in [0.29, 0.717) is 13.0 Å². The van der Waals surface area contributed by atoms with E-state index in [2.05, 4.69) is 40.0 Å². The number of aliphatic hydroxyl groups is 1. The Morgan fingerprint density at radius 2 is 1.93 bits per heavy atom. The predicted octanol–water partition coefficient (Wildman–Crippen LogP) is 5.31. The molecule has 3 aromatic rings. The number of halogens is 1. The van der Waals surface area contributed by atoms with Gasteiger partial charge in [0.05, 0.1) is 36.3 Å². The summed E-state index contributed by atoms with van der Waals surface area (Å²) in [5.74, 6) is 0.000695. The van der Waals surface area contributed by atoms with Gasteiger partial charge in [0.1, 0.15) is 0 Å². The zero-order chi connectivity index (χ0) is 30.4.